The summed E-state index contributed by atoms with van der Waals surface area (Å²) in [6.07, 6.45) is 0.969. The van der Waals surface area contributed by atoms with Crippen molar-refractivity contribution in [1.29, 1.82) is 0 Å². The number of fused-ring (bicyclic) bond motifs is 1. The van der Waals surface area contributed by atoms with E-state index in [-0.39, 0.29) is 23.2 Å². The van der Waals surface area contributed by atoms with Crippen LogP contribution in [0.15, 0.2) is 72.8 Å². The van der Waals surface area contributed by atoms with Crippen LogP contribution in [0.4, 0.5) is 0 Å². The fourth-order valence-electron chi connectivity index (χ4n) is 3.50. The molecule has 0 radical (unpaired) electrons. The molecule has 4 aromatic rings. The number of ketones is 1. The zero-order chi connectivity index (χ0) is 24.1. The van der Waals surface area contributed by atoms with Crippen molar-refractivity contribution in [3.63, 3.8) is 0 Å². The van der Waals surface area contributed by atoms with Gasteiger partial charge in [-0.05, 0) is 43.2 Å². The molecule has 2 N–H and O–H groups in total. The zero-order valence-electron chi connectivity index (χ0n) is 18.6. The van der Waals surface area contributed by atoms with E-state index in [1.807, 2.05) is 61.5 Å². The Bertz CT molecular complexity index is 1310. The van der Waals surface area contributed by atoms with Crippen molar-refractivity contribution in [2.45, 2.75) is 25.8 Å². The molecule has 4 rings (SSSR count). The molecule has 0 saturated heterocycles. The molecule has 34 heavy (non-hydrogen) atoms. The van der Waals surface area contributed by atoms with E-state index in [4.69, 9.17) is 38.4 Å². The van der Waals surface area contributed by atoms with Gasteiger partial charge in [-0.2, -0.15) is 0 Å². The first kappa shape index (κ1) is 24.0. The maximum atomic E-state index is 12.4. The van der Waals surface area contributed by atoms with Crippen molar-refractivity contribution in [1.82, 2.24) is 4.98 Å². The number of carbonyl (C=O) groups excluding carboxylic acids is 1. The molecule has 0 fully saturated rings. The first-order valence-electron chi connectivity index (χ1n) is 10.9. The lowest BCUT2D eigenvalue weighted by Crippen LogP contribution is -2.36. The Morgan fingerprint density at radius 1 is 0.971 bits per heavy atom. The summed E-state index contributed by atoms with van der Waals surface area (Å²) in [6.45, 7) is 1.90. The maximum Gasteiger partial charge on any atom is 0.168 e. The number of hydrogen-bond acceptors (Lipinski definition) is 5. The van der Waals surface area contributed by atoms with Crippen molar-refractivity contribution in [2.24, 2.45) is 5.73 Å². The van der Waals surface area contributed by atoms with E-state index in [1.54, 1.807) is 18.2 Å². The third-order valence-electron chi connectivity index (χ3n) is 5.38. The van der Waals surface area contributed by atoms with E-state index in [1.165, 1.54) is 0 Å². The number of hydrogen-bond donors (Lipinski definition) is 1. The van der Waals surface area contributed by atoms with Crippen molar-refractivity contribution in [2.75, 3.05) is 6.61 Å². The largest absolute Gasteiger partial charge is 0.490 e. The van der Waals surface area contributed by atoms with Gasteiger partial charge in [-0.15, -0.1) is 0 Å². The lowest BCUT2D eigenvalue weighted by Gasteiger charge is -2.16. The topological polar surface area (TPSA) is 74.4 Å². The molecule has 7 heteroatoms. The van der Waals surface area contributed by atoms with Crippen LogP contribution in [0.5, 0.6) is 17.2 Å². The molecular weight excluding hydrogens is 471 g/mol. The van der Waals surface area contributed by atoms with Crippen LogP contribution in [0.2, 0.25) is 10.0 Å². The number of benzene rings is 3. The summed E-state index contributed by atoms with van der Waals surface area (Å²) < 4.78 is 11.9. The predicted molar refractivity (Wildman–Crippen MR) is 136 cm³/mol. The van der Waals surface area contributed by atoms with Gasteiger partial charge in [0.1, 0.15) is 22.9 Å². The third kappa shape index (κ3) is 5.68. The molecule has 3 aromatic carbocycles. The van der Waals surface area contributed by atoms with E-state index in [2.05, 4.69) is 4.98 Å². The van der Waals surface area contributed by atoms with E-state index >= 15 is 0 Å². The van der Waals surface area contributed by atoms with Gasteiger partial charge in [-0.25, -0.2) is 4.98 Å². The van der Waals surface area contributed by atoms with Crippen LogP contribution >= 0.6 is 23.2 Å². The Balaban J connectivity index is 1.45. The van der Waals surface area contributed by atoms with Crippen LogP contribution in [-0.2, 0) is 11.2 Å². The maximum absolute atomic E-state index is 12.4. The normalized spacial score (nSPS) is 11.9. The number of para-hydroxylation sites is 1. The van der Waals surface area contributed by atoms with Crippen LogP contribution in [0, 0.1) is 6.92 Å². The minimum absolute atomic E-state index is 0.0105. The second-order valence-corrected chi connectivity index (χ2v) is 8.73. The molecular formula is C27H24Cl2N2O3. The summed E-state index contributed by atoms with van der Waals surface area (Å²) in [5.41, 5.74) is 8.72. The summed E-state index contributed by atoms with van der Waals surface area (Å²) in [5, 5.41) is 1.45. The average Bonchev–Trinajstić information content (AvgIpc) is 2.85. The molecule has 174 valence electrons. The smallest absolute Gasteiger partial charge is 0.168 e. The lowest BCUT2D eigenvalue weighted by atomic mass is 10.0. The van der Waals surface area contributed by atoms with E-state index in [0.717, 1.165) is 16.6 Å². The highest BCUT2D eigenvalue weighted by Gasteiger charge is 2.19. The van der Waals surface area contributed by atoms with E-state index < -0.39 is 6.04 Å². The molecule has 1 unspecified atom stereocenters. The molecule has 1 aromatic heterocycles. The van der Waals surface area contributed by atoms with Gasteiger partial charge in [-0.3, -0.25) is 4.79 Å². The van der Waals surface area contributed by atoms with Gasteiger partial charge in [-0.1, -0.05) is 71.7 Å². The Morgan fingerprint density at radius 3 is 2.56 bits per heavy atom. The van der Waals surface area contributed by atoms with Crippen molar-refractivity contribution in [3.05, 3.63) is 94.1 Å². The Hall–Kier alpha value is -3.12. The predicted octanol–water partition coefficient (Wildman–Crippen LogP) is 6.55. The highest BCUT2D eigenvalue weighted by atomic mass is 35.5. The van der Waals surface area contributed by atoms with Gasteiger partial charge in [0.2, 0.25) is 0 Å². The fraction of sp³-hybridized carbons (Fsp3) is 0.185. The summed E-state index contributed by atoms with van der Waals surface area (Å²) in [6, 6.07) is 21.8. The summed E-state index contributed by atoms with van der Waals surface area (Å²) in [5.74, 6) is 1.02. The standard InChI is InChI=1S/C27H24Cl2N2O3/c1-17-10-12-19-8-5-9-24(26(19)31-17)34-27-20(28)13-15-23(25(27)29)33-16-21(30)22(32)14-11-18-6-3-2-4-7-18/h2-10,12-13,15,21H,11,14,16,30H2,1H3. The van der Waals surface area contributed by atoms with Gasteiger partial charge >= 0.3 is 0 Å². The Labute approximate surface area is 208 Å². The minimum atomic E-state index is -0.773. The van der Waals surface area contributed by atoms with Crippen molar-refractivity contribution < 1.29 is 14.3 Å². The van der Waals surface area contributed by atoms with E-state index in [0.29, 0.717) is 34.9 Å². The third-order valence-corrected chi connectivity index (χ3v) is 6.04. The van der Waals surface area contributed by atoms with Crippen LogP contribution in [0.1, 0.15) is 17.7 Å². The molecule has 5 nitrogen and oxygen atoms in total. The zero-order valence-corrected chi connectivity index (χ0v) is 20.1. The fourth-order valence-corrected chi connectivity index (χ4v) is 4.00. The molecule has 0 aliphatic heterocycles. The number of nitrogens with two attached hydrogens (primary N) is 1. The average molecular weight is 495 g/mol. The number of carbonyl (C=O) groups is 1. The molecule has 0 bridgehead atoms. The number of rotatable bonds is 9. The number of halogens is 2. The molecule has 0 aliphatic carbocycles. The number of pyridine rings is 1. The molecule has 0 spiro atoms. The number of aryl methyl sites for hydroxylation is 2. The first-order valence-corrected chi connectivity index (χ1v) is 11.6. The second-order valence-electron chi connectivity index (χ2n) is 7.94. The van der Waals surface area contributed by atoms with Gasteiger partial charge in [0, 0.05) is 17.5 Å². The van der Waals surface area contributed by atoms with Crippen molar-refractivity contribution >= 4 is 39.9 Å². The Morgan fingerprint density at radius 2 is 1.76 bits per heavy atom. The second kappa shape index (κ2) is 10.9. The number of aromatic nitrogens is 1. The first-order chi connectivity index (χ1) is 16.4. The molecule has 0 saturated carbocycles. The number of nitrogens with zero attached hydrogens (tertiary/aromatic N) is 1. The summed E-state index contributed by atoms with van der Waals surface area (Å²) >= 11 is 13.0. The highest BCUT2D eigenvalue weighted by molar-refractivity contribution is 6.38. The molecule has 1 atom stereocenters. The van der Waals surface area contributed by atoms with Crippen LogP contribution in [0.25, 0.3) is 10.9 Å². The highest BCUT2D eigenvalue weighted by Crippen LogP contribution is 2.43. The number of Topliss-reactive ketones (excluding diaryl/α,β-unsaturated/α-hetero) is 1. The monoisotopic (exact) mass is 494 g/mol. The lowest BCUT2D eigenvalue weighted by molar-refractivity contribution is -0.120. The van der Waals surface area contributed by atoms with Crippen LogP contribution in [-0.4, -0.2) is 23.4 Å². The summed E-state index contributed by atoms with van der Waals surface area (Å²) in [7, 11) is 0. The quantitative estimate of drug-likeness (QED) is 0.285. The van der Waals surface area contributed by atoms with Gasteiger partial charge in [0.15, 0.2) is 17.3 Å². The number of ether oxygens (including phenoxy) is 2. The van der Waals surface area contributed by atoms with Crippen LogP contribution < -0.4 is 15.2 Å². The van der Waals surface area contributed by atoms with Gasteiger partial charge in [0.05, 0.1) is 11.1 Å². The van der Waals surface area contributed by atoms with Crippen LogP contribution in [0.3, 0.4) is 0 Å². The Kier molecular flexibility index (Phi) is 7.68. The molecule has 1 heterocycles. The summed E-state index contributed by atoms with van der Waals surface area (Å²) in [4.78, 5) is 17.0. The SMILES string of the molecule is Cc1ccc2cccc(Oc3c(Cl)ccc(OCC(N)C(=O)CCc4ccccc4)c3Cl)c2n1. The molecule has 0 amide bonds. The minimum Gasteiger partial charge on any atom is -0.490 e. The van der Waals surface area contributed by atoms with Gasteiger partial charge < -0.3 is 15.2 Å². The van der Waals surface area contributed by atoms with Crippen molar-refractivity contribution in [3.8, 4) is 17.2 Å². The van der Waals surface area contributed by atoms with E-state index in [9.17, 15) is 4.79 Å². The van der Waals surface area contributed by atoms with Gasteiger partial charge in [0.25, 0.3) is 0 Å². The molecule has 0 aliphatic rings.